The van der Waals surface area contributed by atoms with Crippen LogP contribution in [-0.2, 0) is 0 Å². The van der Waals surface area contributed by atoms with Crippen molar-refractivity contribution < 1.29 is 9.13 Å². The van der Waals surface area contributed by atoms with Gasteiger partial charge in [0.1, 0.15) is 11.6 Å². The maximum Gasteiger partial charge on any atom is 0.165 e. The number of nitriles is 1. The number of benzene rings is 1. The summed E-state index contributed by atoms with van der Waals surface area (Å²) in [5.41, 5.74) is 0.442. The Morgan fingerprint density at radius 2 is 2.33 bits per heavy atom. The normalized spacial score (nSPS) is 25.3. The van der Waals surface area contributed by atoms with Gasteiger partial charge in [-0.25, -0.2) is 4.39 Å². The van der Waals surface area contributed by atoms with Crippen LogP contribution in [0.4, 0.5) is 4.39 Å². The molecule has 21 heavy (non-hydrogen) atoms. The lowest BCUT2D eigenvalue weighted by Crippen LogP contribution is -2.50. The number of rotatable bonds is 5. The zero-order valence-corrected chi connectivity index (χ0v) is 12.8. The summed E-state index contributed by atoms with van der Waals surface area (Å²) in [7, 11) is 0. The van der Waals surface area contributed by atoms with Gasteiger partial charge in [0.2, 0.25) is 0 Å². The Bertz CT molecular complexity index is 526. The molecule has 1 fully saturated rings. The third-order valence-electron chi connectivity index (χ3n) is 4.01. The molecule has 2 rings (SSSR count). The van der Waals surface area contributed by atoms with Crippen LogP contribution >= 0.6 is 0 Å². The number of hydrogen-bond donors (Lipinski definition) is 1. The standard InChI is InChI=1S/C17H23FN2O/c1-3-9-20-17(12-19)8-4-5-14(11-17)21-16-10-13(2)6-7-15(16)18/h6-7,10,14,20H,3-5,8-9,11H2,1-2H3. The molecule has 1 aromatic rings. The maximum atomic E-state index is 13.8. The summed E-state index contributed by atoms with van der Waals surface area (Å²) in [4.78, 5) is 0. The van der Waals surface area contributed by atoms with E-state index in [4.69, 9.17) is 4.74 Å². The first-order valence-corrected chi connectivity index (χ1v) is 7.67. The summed E-state index contributed by atoms with van der Waals surface area (Å²) in [6.45, 7) is 4.81. The van der Waals surface area contributed by atoms with Crippen LogP contribution in [-0.4, -0.2) is 18.2 Å². The fourth-order valence-corrected chi connectivity index (χ4v) is 2.87. The molecule has 3 nitrogen and oxygen atoms in total. The SMILES string of the molecule is CCCNC1(C#N)CCCC(Oc2cc(C)ccc2F)C1. The average Bonchev–Trinajstić information content (AvgIpc) is 2.49. The second-order valence-corrected chi connectivity index (χ2v) is 5.89. The molecule has 0 radical (unpaired) electrons. The Hall–Kier alpha value is -1.60. The molecule has 2 unspecified atom stereocenters. The minimum absolute atomic E-state index is 0.112. The van der Waals surface area contributed by atoms with Gasteiger partial charge >= 0.3 is 0 Å². The van der Waals surface area contributed by atoms with Crippen molar-refractivity contribution in [3.05, 3.63) is 29.6 Å². The van der Waals surface area contributed by atoms with E-state index in [0.717, 1.165) is 37.8 Å². The second kappa shape index (κ2) is 6.91. The molecule has 1 aliphatic rings. The molecule has 1 aliphatic carbocycles. The van der Waals surface area contributed by atoms with E-state index in [1.807, 2.05) is 6.92 Å². The molecule has 0 aromatic heterocycles. The monoisotopic (exact) mass is 290 g/mol. The molecule has 2 atom stereocenters. The third-order valence-corrected chi connectivity index (χ3v) is 4.01. The summed E-state index contributed by atoms with van der Waals surface area (Å²) in [5, 5.41) is 12.8. The molecule has 0 spiro atoms. The quantitative estimate of drug-likeness (QED) is 0.899. The fourth-order valence-electron chi connectivity index (χ4n) is 2.87. The van der Waals surface area contributed by atoms with Crippen LogP contribution in [0.15, 0.2) is 18.2 Å². The number of nitrogens with zero attached hydrogens (tertiary/aromatic N) is 1. The summed E-state index contributed by atoms with van der Waals surface area (Å²) < 4.78 is 19.6. The molecular formula is C17H23FN2O. The Balaban J connectivity index is 2.07. The van der Waals surface area contributed by atoms with Gasteiger partial charge in [0.05, 0.1) is 6.07 Å². The van der Waals surface area contributed by atoms with Crippen LogP contribution < -0.4 is 10.1 Å². The van der Waals surface area contributed by atoms with Crippen LogP contribution in [0.5, 0.6) is 5.75 Å². The van der Waals surface area contributed by atoms with Crippen molar-refractivity contribution in [2.24, 2.45) is 0 Å². The fraction of sp³-hybridized carbons (Fsp3) is 0.588. The summed E-state index contributed by atoms with van der Waals surface area (Å²) in [5.74, 6) is -0.0421. The topological polar surface area (TPSA) is 45.0 Å². The van der Waals surface area contributed by atoms with Gasteiger partial charge in [-0.3, -0.25) is 5.32 Å². The smallest absolute Gasteiger partial charge is 0.165 e. The van der Waals surface area contributed by atoms with Crippen molar-refractivity contribution in [3.8, 4) is 11.8 Å². The molecule has 0 amide bonds. The number of hydrogen-bond acceptors (Lipinski definition) is 3. The van der Waals surface area contributed by atoms with Gasteiger partial charge in [-0.15, -0.1) is 0 Å². The molecule has 4 heteroatoms. The van der Waals surface area contributed by atoms with Gasteiger partial charge in [-0.2, -0.15) is 5.26 Å². The number of aryl methyl sites for hydroxylation is 1. The van der Waals surface area contributed by atoms with Gasteiger partial charge in [0, 0.05) is 6.42 Å². The zero-order valence-electron chi connectivity index (χ0n) is 12.8. The molecular weight excluding hydrogens is 267 g/mol. The van der Waals surface area contributed by atoms with Crippen molar-refractivity contribution in [1.82, 2.24) is 5.32 Å². The van der Waals surface area contributed by atoms with E-state index >= 15 is 0 Å². The van der Waals surface area contributed by atoms with Crippen LogP contribution in [0.25, 0.3) is 0 Å². The van der Waals surface area contributed by atoms with Gasteiger partial charge in [0.25, 0.3) is 0 Å². The number of halogens is 1. The molecule has 0 bridgehead atoms. The van der Waals surface area contributed by atoms with Gasteiger partial charge in [0.15, 0.2) is 11.6 Å². The first-order chi connectivity index (χ1) is 10.1. The Labute approximate surface area is 126 Å². The predicted octanol–water partition coefficient (Wildman–Crippen LogP) is 3.72. The molecule has 0 saturated heterocycles. The minimum atomic E-state index is -0.529. The van der Waals surface area contributed by atoms with E-state index in [9.17, 15) is 9.65 Å². The highest BCUT2D eigenvalue weighted by Crippen LogP contribution is 2.32. The number of nitrogens with one attached hydrogen (secondary N) is 1. The van der Waals surface area contributed by atoms with E-state index in [-0.39, 0.29) is 11.9 Å². The average molecular weight is 290 g/mol. The lowest BCUT2D eigenvalue weighted by Gasteiger charge is -2.36. The third kappa shape index (κ3) is 3.95. The molecule has 0 heterocycles. The van der Waals surface area contributed by atoms with E-state index in [2.05, 4.69) is 18.3 Å². The van der Waals surface area contributed by atoms with E-state index in [0.29, 0.717) is 12.2 Å². The summed E-state index contributed by atoms with van der Waals surface area (Å²) in [6, 6.07) is 7.29. The van der Waals surface area contributed by atoms with E-state index in [1.54, 1.807) is 12.1 Å². The van der Waals surface area contributed by atoms with Crippen LogP contribution in [0.3, 0.4) is 0 Å². The maximum absolute atomic E-state index is 13.8. The van der Waals surface area contributed by atoms with Crippen LogP contribution in [0, 0.1) is 24.1 Å². The van der Waals surface area contributed by atoms with Crippen molar-refractivity contribution >= 4 is 0 Å². The highest BCUT2D eigenvalue weighted by Gasteiger charge is 2.37. The second-order valence-electron chi connectivity index (χ2n) is 5.89. The lowest BCUT2D eigenvalue weighted by molar-refractivity contribution is 0.108. The first-order valence-electron chi connectivity index (χ1n) is 7.67. The highest BCUT2D eigenvalue weighted by molar-refractivity contribution is 5.29. The highest BCUT2D eigenvalue weighted by atomic mass is 19.1. The Morgan fingerprint density at radius 3 is 3.05 bits per heavy atom. The van der Waals surface area contributed by atoms with Crippen LogP contribution in [0.1, 0.15) is 44.6 Å². The molecule has 0 aliphatic heterocycles. The minimum Gasteiger partial charge on any atom is -0.487 e. The van der Waals surface area contributed by atoms with Gasteiger partial charge in [-0.1, -0.05) is 13.0 Å². The van der Waals surface area contributed by atoms with E-state index in [1.165, 1.54) is 6.07 Å². The van der Waals surface area contributed by atoms with Crippen molar-refractivity contribution in [2.75, 3.05) is 6.54 Å². The summed E-state index contributed by atoms with van der Waals surface area (Å²) >= 11 is 0. The van der Waals surface area contributed by atoms with Gasteiger partial charge < -0.3 is 4.74 Å². The Kier molecular flexibility index (Phi) is 5.19. The molecule has 114 valence electrons. The Morgan fingerprint density at radius 1 is 1.52 bits per heavy atom. The van der Waals surface area contributed by atoms with Crippen LogP contribution in [0.2, 0.25) is 0 Å². The molecule has 1 aromatic carbocycles. The van der Waals surface area contributed by atoms with Crippen molar-refractivity contribution in [1.29, 1.82) is 5.26 Å². The first kappa shape index (κ1) is 15.8. The predicted molar refractivity (Wildman–Crippen MR) is 80.7 cm³/mol. The largest absolute Gasteiger partial charge is 0.487 e. The molecule has 1 N–H and O–H groups in total. The van der Waals surface area contributed by atoms with Crippen molar-refractivity contribution in [2.45, 2.75) is 57.6 Å². The lowest BCUT2D eigenvalue weighted by atomic mass is 9.81. The number of ether oxygens (including phenoxy) is 1. The van der Waals surface area contributed by atoms with E-state index < -0.39 is 5.54 Å². The van der Waals surface area contributed by atoms with Gasteiger partial charge in [-0.05, 0) is 56.8 Å². The van der Waals surface area contributed by atoms with Crippen molar-refractivity contribution in [3.63, 3.8) is 0 Å². The summed E-state index contributed by atoms with van der Waals surface area (Å²) in [6.07, 6.45) is 4.10. The zero-order chi connectivity index (χ0) is 15.3. The molecule has 1 saturated carbocycles.